The van der Waals surface area contributed by atoms with Crippen molar-refractivity contribution in [3.8, 4) is 0 Å². The molecular weight excluding hydrogens is 336 g/mol. The summed E-state index contributed by atoms with van der Waals surface area (Å²) in [7, 11) is -2.27. The number of sulfonamides is 1. The minimum absolute atomic E-state index is 0.174. The first kappa shape index (κ1) is 19.1. The van der Waals surface area contributed by atoms with Crippen LogP contribution in [0, 0.1) is 13.8 Å². The summed E-state index contributed by atoms with van der Waals surface area (Å²) in [6, 6.07) is 13.9. The fourth-order valence-corrected chi connectivity index (χ4v) is 3.61. The van der Waals surface area contributed by atoms with Gasteiger partial charge < -0.3 is 5.32 Å². The number of hydrogen-bond acceptors (Lipinski definition) is 3. The van der Waals surface area contributed by atoms with Crippen molar-refractivity contribution in [3.63, 3.8) is 0 Å². The van der Waals surface area contributed by atoms with Crippen LogP contribution in [0.15, 0.2) is 53.4 Å². The fraction of sp³-hybridized carbons (Fsp3) is 0.316. The van der Waals surface area contributed by atoms with Gasteiger partial charge in [0.15, 0.2) is 0 Å². The van der Waals surface area contributed by atoms with E-state index >= 15 is 0 Å². The monoisotopic (exact) mass is 360 g/mol. The summed E-state index contributed by atoms with van der Waals surface area (Å²) in [6.07, 6.45) is 0. The SMILES string of the molecule is Cc1ccc([C@@H](C)NC(=O)CN(C)S(=O)(=O)c2ccccc2)cc1C. The average Bonchev–Trinajstić information content (AvgIpc) is 2.57. The predicted molar refractivity (Wildman–Crippen MR) is 98.7 cm³/mol. The summed E-state index contributed by atoms with van der Waals surface area (Å²) in [6.45, 7) is 5.71. The van der Waals surface area contributed by atoms with Gasteiger partial charge in [-0.15, -0.1) is 0 Å². The van der Waals surface area contributed by atoms with Crippen molar-refractivity contribution in [2.24, 2.45) is 0 Å². The van der Waals surface area contributed by atoms with Crippen LogP contribution in [-0.4, -0.2) is 32.2 Å². The zero-order valence-corrected chi connectivity index (χ0v) is 15.8. The summed E-state index contributed by atoms with van der Waals surface area (Å²) < 4.78 is 26.0. The number of carbonyl (C=O) groups is 1. The second-order valence-corrected chi connectivity index (χ2v) is 8.25. The number of benzene rings is 2. The van der Waals surface area contributed by atoms with Gasteiger partial charge in [0.2, 0.25) is 15.9 Å². The van der Waals surface area contributed by atoms with Gasteiger partial charge in [0.05, 0.1) is 17.5 Å². The van der Waals surface area contributed by atoms with Crippen LogP contribution in [0.1, 0.15) is 29.7 Å². The van der Waals surface area contributed by atoms with E-state index in [4.69, 9.17) is 0 Å². The summed E-state index contributed by atoms with van der Waals surface area (Å²) in [5.74, 6) is -0.340. The first-order chi connectivity index (χ1) is 11.7. The van der Waals surface area contributed by atoms with Crippen LogP contribution in [0.2, 0.25) is 0 Å². The van der Waals surface area contributed by atoms with E-state index in [0.29, 0.717) is 0 Å². The molecule has 0 bridgehead atoms. The third-order valence-electron chi connectivity index (χ3n) is 4.23. The van der Waals surface area contributed by atoms with Crippen molar-refractivity contribution in [1.82, 2.24) is 9.62 Å². The van der Waals surface area contributed by atoms with Crippen molar-refractivity contribution in [1.29, 1.82) is 0 Å². The molecule has 1 N–H and O–H groups in total. The molecule has 0 aliphatic rings. The van der Waals surface area contributed by atoms with E-state index in [1.807, 2.05) is 39.0 Å². The molecule has 2 rings (SSSR count). The maximum absolute atomic E-state index is 12.5. The molecule has 25 heavy (non-hydrogen) atoms. The van der Waals surface area contributed by atoms with Gasteiger partial charge in [-0.1, -0.05) is 36.4 Å². The molecule has 2 aromatic carbocycles. The Hall–Kier alpha value is -2.18. The van der Waals surface area contributed by atoms with E-state index in [0.717, 1.165) is 15.4 Å². The lowest BCUT2D eigenvalue weighted by Crippen LogP contribution is -2.39. The number of likely N-dealkylation sites (N-methyl/N-ethyl adjacent to an activating group) is 1. The topological polar surface area (TPSA) is 66.5 Å². The Morgan fingerprint density at radius 1 is 1.08 bits per heavy atom. The highest BCUT2D eigenvalue weighted by atomic mass is 32.2. The minimum Gasteiger partial charge on any atom is -0.348 e. The number of rotatable bonds is 6. The third kappa shape index (κ3) is 4.67. The standard InChI is InChI=1S/C19H24N2O3S/c1-14-10-11-17(12-15(14)2)16(3)20-19(22)13-21(4)25(23,24)18-8-6-5-7-9-18/h5-12,16H,13H2,1-4H3,(H,20,22)/t16-/m1/s1. The Bertz CT molecular complexity index is 848. The highest BCUT2D eigenvalue weighted by Crippen LogP contribution is 2.17. The molecule has 134 valence electrons. The molecule has 0 unspecified atom stereocenters. The van der Waals surface area contributed by atoms with Gasteiger partial charge in [0.25, 0.3) is 0 Å². The van der Waals surface area contributed by atoms with Gasteiger partial charge in [-0.3, -0.25) is 4.79 Å². The maximum atomic E-state index is 12.5. The summed E-state index contributed by atoms with van der Waals surface area (Å²) in [5.41, 5.74) is 3.34. The second kappa shape index (κ2) is 7.80. The third-order valence-corrected chi connectivity index (χ3v) is 6.04. The van der Waals surface area contributed by atoms with E-state index in [1.54, 1.807) is 18.2 Å². The summed E-state index contributed by atoms with van der Waals surface area (Å²) in [4.78, 5) is 12.4. The first-order valence-electron chi connectivity index (χ1n) is 8.09. The van der Waals surface area contributed by atoms with Crippen molar-refractivity contribution in [2.45, 2.75) is 31.7 Å². The van der Waals surface area contributed by atoms with Gasteiger partial charge in [-0.25, -0.2) is 8.42 Å². The van der Waals surface area contributed by atoms with Crippen LogP contribution < -0.4 is 5.32 Å². The Labute approximate surface area is 149 Å². The quantitative estimate of drug-likeness (QED) is 0.861. The molecule has 0 radical (unpaired) electrons. The first-order valence-corrected chi connectivity index (χ1v) is 9.53. The van der Waals surface area contributed by atoms with Crippen LogP contribution in [-0.2, 0) is 14.8 Å². The van der Waals surface area contributed by atoms with Gasteiger partial charge in [-0.2, -0.15) is 4.31 Å². The maximum Gasteiger partial charge on any atom is 0.243 e. The number of carbonyl (C=O) groups excluding carboxylic acids is 1. The van der Waals surface area contributed by atoms with Crippen LogP contribution in [0.4, 0.5) is 0 Å². The predicted octanol–water partition coefficient (Wildman–Crippen LogP) is 2.80. The van der Waals surface area contributed by atoms with E-state index in [-0.39, 0.29) is 23.4 Å². The lowest BCUT2D eigenvalue weighted by molar-refractivity contribution is -0.121. The molecule has 0 heterocycles. The van der Waals surface area contributed by atoms with E-state index in [2.05, 4.69) is 5.32 Å². The van der Waals surface area contributed by atoms with Gasteiger partial charge in [0, 0.05) is 7.05 Å². The number of amides is 1. The highest BCUT2D eigenvalue weighted by molar-refractivity contribution is 7.89. The number of nitrogens with one attached hydrogen (secondary N) is 1. The highest BCUT2D eigenvalue weighted by Gasteiger charge is 2.23. The van der Waals surface area contributed by atoms with Gasteiger partial charge >= 0.3 is 0 Å². The lowest BCUT2D eigenvalue weighted by atomic mass is 10.0. The molecular formula is C19H24N2O3S. The number of hydrogen-bond donors (Lipinski definition) is 1. The number of aryl methyl sites for hydroxylation is 2. The van der Waals surface area contributed by atoms with Crippen LogP contribution in [0.25, 0.3) is 0 Å². The molecule has 0 aliphatic carbocycles. The summed E-state index contributed by atoms with van der Waals surface area (Å²) >= 11 is 0. The second-order valence-electron chi connectivity index (χ2n) is 6.21. The lowest BCUT2D eigenvalue weighted by Gasteiger charge is -2.20. The summed E-state index contributed by atoms with van der Waals surface area (Å²) in [5, 5.41) is 2.85. The fourth-order valence-electron chi connectivity index (χ4n) is 2.46. The van der Waals surface area contributed by atoms with Gasteiger partial charge in [0.1, 0.15) is 0 Å². The van der Waals surface area contributed by atoms with Crippen molar-refractivity contribution < 1.29 is 13.2 Å². The average molecular weight is 360 g/mol. The zero-order valence-electron chi connectivity index (χ0n) is 15.0. The van der Waals surface area contributed by atoms with Gasteiger partial charge in [-0.05, 0) is 49.6 Å². The zero-order chi connectivity index (χ0) is 18.6. The van der Waals surface area contributed by atoms with Crippen molar-refractivity contribution >= 4 is 15.9 Å². The molecule has 5 nitrogen and oxygen atoms in total. The molecule has 0 fully saturated rings. The van der Waals surface area contributed by atoms with Crippen LogP contribution >= 0.6 is 0 Å². The van der Waals surface area contributed by atoms with E-state index in [1.165, 1.54) is 24.7 Å². The number of nitrogens with zero attached hydrogens (tertiary/aromatic N) is 1. The van der Waals surface area contributed by atoms with Crippen molar-refractivity contribution in [2.75, 3.05) is 13.6 Å². The molecule has 0 saturated carbocycles. The Morgan fingerprint density at radius 3 is 2.32 bits per heavy atom. The smallest absolute Gasteiger partial charge is 0.243 e. The Kier molecular flexibility index (Phi) is 5.98. The molecule has 0 aromatic heterocycles. The van der Waals surface area contributed by atoms with Crippen LogP contribution in [0.3, 0.4) is 0 Å². The molecule has 1 atom stereocenters. The molecule has 6 heteroatoms. The molecule has 2 aromatic rings. The molecule has 0 aliphatic heterocycles. The Balaban J connectivity index is 2.03. The van der Waals surface area contributed by atoms with Crippen LogP contribution in [0.5, 0.6) is 0 Å². The minimum atomic E-state index is -3.67. The van der Waals surface area contributed by atoms with E-state index in [9.17, 15) is 13.2 Å². The molecule has 0 spiro atoms. The largest absolute Gasteiger partial charge is 0.348 e. The Morgan fingerprint density at radius 2 is 1.72 bits per heavy atom. The normalized spacial score (nSPS) is 12.8. The molecule has 1 amide bonds. The van der Waals surface area contributed by atoms with E-state index < -0.39 is 10.0 Å². The molecule has 0 saturated heterocycles. The van der Waals surface area contributed by atoms with Crippen molar-refractivity contribution in [3.05, 3.63) is 65.2 Å².